The average molecular weight is 342 g/mol. The Labute approximate surface area is 149 Å². The third-order valence-electron chi connectivity index (χ3n) is 3.80. The van der Waals surface area contributed by atoms with Crippen molar-refractivity contribution in [1.82, 2.24) is 4.90 Å². The summed E-state index contributed by atoms with van der Waals surface area (Å²) in [6.45, 7) is 4.73. The van der Waals surface area contributed by atoms with Gasteiger partial charge in [-0.3, -0.25) is 0 Å². The summed E-state index contributed by atoms with van der Waals surface area (Å²) in [5.41, 5.74) is 2.98. The van der Waals surface area contributed by atoms with Gasteiger partial charge in [-0.2, -0.15) is 0 Å². The van der Waals surface area contributed by atoms with E-state index in [1.165, 1.54) is 5.56 Å². The molecule has 0 aliphatic rings. The van der Waals surface area contributed by atoms with Crippen molar-refractivity contribution in [2.45, 2.75) is 33.0 Å². The highest BCUT2D eigenvalue weighted by Crippen LogP contribution is 2.19. The van der Waals surface area contributed by atoms with Crippen LogP contribution in [0.1, 0.15) is 24.5 Å². The molecule has 0 radical (unpaired) electrons. The van der Waals surface area contributed by atoms with Crippen LogP contribution in [0.15, 0.2) is 48.5 Å². The first-order valence-corrected chi connectivity index (χ1v) is 8.42. The van der Waals surface area contributed by atoms with E-state index < -0.39 is 6.10 Å². The number of aliphatic hydroxyl groups excluding tert-OH is 1. The van der Waals surface area contributed by atoms with Gasteiger partial charge in [-0.05, 0) is 38.0 Å². The van der Waals surface area contributed by atoms with Crippen molar-refractivity contribution in [3.63, 3.8) is 0 Å². The fourth-order valence-corrected chi connectivity index (χ4v) is 2.33. The Kier molecular flexibility index (Phi) is 6.83. The van der Waals surface area contributed by atoms with Crippen LogP contribution in [0.2, 0.25) is 0 Å². The van der Waals surface area contributed by atoms with E-state index in [-0.39, 0.29) is 6.03 Å². The summed E-state index contributed by atoms with van der Waals surface area (Å²) in [5.74, 6) is 0.700. The van der Waals surface area contributed by atoms with Crippen molar-refractivity contribution >= 4 is 11.7 Å². The molecule has 0 spiro atoms. The molecule has 0 aromatic heterocycles. The summed E-state index contributed by atoms with van der Waals surface area (Å²) >= 11 is 0. The molecule has 2 aromatic carbocycles. The van der Waals surface area contributed by atoms with Gasteiger partial charge in [0.1, 0.15) is 12.4 Å². The predicted octanol–water partition coefficient (Wildman–Crippen LogP) is 3.81. The Morgan fingerprint density at radius 1 is 1.24 bits per heavy atom. The summed E-state index contributed by atoms with van der Waals surface area (Å²) in [6.07, 6.45) is 0.123. The molecule has 0 aliphatic heterocycles. The zero-order chi connectivity index (χ0) is 18.2. The number of carbonyl (C=O) groups is 1. The van der Waals surface area contributed by atoms with Crippen molar-refractivity contribution in [3.05, 3.63) is 59.7 Å². The standard InChI is InChI=1S/C20H26N2O3/c1-15-6-4-7-17(12-15)14-25-19-9-5-8-18(13-19)21-20(24)22(3)11-10-16(2)23/h4-9,12-13,16,23H,10-11,14H2,1-3H3,(H,21,24). The van der Waals surface area contributed by atoms with Crippen LogP contribution < -0.4 is 10.1 Å². The number of hydrogen-bond acceptors (Lipinski definition) is 3. The third kappa shape index (κ3) is 6.47. The zero-order valence-corrected chi connectivity index (χ0v) is 15.0. The Morgan fingerprint density at radius 3 is 2.72 bits per heavy atom. The number of amides is 2. The van der Waals surface area contributed by atoms with E-state index in [0.29, 0.717) is 31.0 Å². The van der Waals surface area contributed by atoms with Gasteiger partial charge in [0.15, 0.2) is 0 Å². The smallest absolute Gasteiger partial charge is 0.321 e. The van der Waals surface area contributed by atoms with Crippen LogP contribution in [-0.4, -0.2) is 35.7 Å². The quantitative estimate of drug-likeness (QED) is 0.804. The van der Waals surface area contributed by atoms with Gasteiger partial charge in [0.25, 0.3) is 0 Å². The number of aryl methyl sites for hydroxylation is 1. The summed E-state index contributed by atoms with van der Waals surface area (Å²) in [7, 11) is 1.70. The van der Waals surface area contributed by atoms with E-state index in [0.717, 1.165) is 5.56 Å². The fourth-order valence-electron chi connectivity index (χ4n) is 2.33. The number of nitrogens with zero attached hydrogens (tertiary/aromatic N) is 1. The number of aliphatic hydroxyl groups is 1. The maximum absolute atomic E-state index is 12.1. The van der Waals surface area contributed by atoms with Crippen LogP contribution in [-0.2, 0) is 6.61 Å². The normalized spacial score (nSPS) is 11.7. The molecule has 0 saturated carbocycles. The van der Waals surface area contributed by atoms with Crippen LogP contribution in [0.25, 0.3) is 0 Å². The molecule has 0 fully saturated rings. The van der Waals surface area contributed by atoms with Crippen LogP contribution in [0.3, 0.4) is 0 Å². The van der Waals surface area contributed by atoms with Gasteiger partial charge in [0.05, 0.1) is 6.10 Å². The summed E-state index contributed by atoms with van der Waals surface area (Å²) in [6, 6.07) is 15.3. The number of hydrogen-bond donors (Lipinski definition) is 2. The number of nitrogens with one attached hydrogen (secondary N) is 1. The van der Waals surface area contributed by atoms with Gasteiger partial charge in [0.2, 0.25) is 0 Å². The van der Waals surface area contributed by atoms with E-state index in [1.807, 2.05) is 43.3 Å². The molecule has 0 aliphatic carbocycles. The minimum absolute atomic E-state index is 0.212. The number of ether oxygens (including phenoxy) is 1. The Hall–Kier alpha value is -2.53. The van der Waals surface area contributed by atoms with Crippen LogP contribution >= 0.6 is 0 Å². The van der Waals surface area contributed by atoms with E-state index in [2.05, 4.69) is 11.4 Å². The summed E-state index contributed by atoms with van der Waals surface area (Å²) in [4.78, 5) is 13.7. The molecular weight excluding hydrogens is 316 g/mol. The van der Waals surface area contributed by atoms with E-state index >= 15 is 0 Å². The first kappa shape index (κ1) is 18.8. The van der Waals surface area contributed by atoms with E-state index in [9.17, 15) is 9.90 Å². The van der Waals surface area contributed by atoms with Crippen molar-refractivity contribution in [2.75, 3.05) is 18.9 Å². The zero-order valence-electron chi connectivity index (χ0n) is 15.0. The highest BCUT2D eigenvalue weighted by molar-refractivity contribution is 5.89. The topological polar surface area (TPSA) is 61.8 Å². The van der Waals surface area contributed by atoms with Gasteiger partial charge in [-0.25, -0.2) is 4.79 Å². The van der Waals surface area contributed by atoms with Gasteiger partial charge in [-0.15, -0.1) is 0 Å². The molecule has 2 amide bonds. The Morgan fingerprint density at radius 2 is 2.00 bits per heavy atom. The fraction of sp³-hybridized carbons (Fsp3) is 0.350. The van der Waals surface area contributed by atoms with Crippen LogP contribution in [0.5, 0.6) is 5.75 Å². The third-order valence-corrected chi connectivity index (χ3v) is 3.80. The molecule has 5 nitrogen and oxygen atoms in total. The van der Waals surface area contributed by atoms with Gasteiger partial charge < -0.3 is 20.1 Å². The van der Waals surface area contributed by atoms with Gasteiger partial charge in [0, 0.05) is 25.3 Å². The lowest BCUT2D eigenvalue weighted by atomic mass is 10.1. The molecule has 1 atom stereocenters. The van der Waals surface area contributed by atoms with Crippen molar-refractivity contribution in [3.8, 4) is 5.75 Å². The maximum atomic E-state index is 12.1. The first-order valence-electron chi connectivity index (χ1n) is 8.42. The lowest BCUT2D eigenvalue weighted by molar-refractivity contribution is 0.167. The highest BCUT2D eigenvalue weighted by atomic mass is 16.5. The summed E-state index contributed by atoms with van der Waals surface area (Å²) in [5, 5.41) is 12.1. The average Bonchev–Trinajstić information content (AvgIpc) is 2.58. The van der Waals surface area contributed by atoms with Crippen LogP contribution in [0, 0.1) is 6.92 Å². The number of rotatable bonds is 7. The van der Waals surface area contributed by atoms with Gasteiger partial charge >= 0.3 is 6.03 Å². The first-order chi connectivity index (χ1) is 11.9. The molecule has 134 valence electrons. The molecule has 0 saturated heterocycles. The van der Waals surface area contributed by atoms with Crippen LogP contribution in [0.4, 0.5) is 10.5 Å². The number of urea groups is 1. The molecule has 0 bridgehead atoms. The molecule has 2 N–H and O–H groups in total. The second kappa shape index (κ2) is 9.08. The van der Waals surface area contributed by atoms with Gasteiger partial charge in [-0.1, -0.05) is 35.9 Å². The Balaban J connectivity index is 1.91. The highest BCUT2D eigenvalue weighted by Gasteiger charge is 2.10. The summed E-state index contributed by atoms with van der Waals surface area (Å²) < 4.78 is 5.81. The lowest BCUT2D eigenvalue weighted by Gasteiger charge is -2.19. The van der Waals surface area contributed by atoms with E-state index in [1.54, 1.807) is 24.9 Å². The van der Waals surface area contributed by atoms with Crippen molar-refractivity contribution < 1.29 is 14.6 Å². The number of carbonyl (C=O) groups excluding carboxylic acids is 1. The molecule has 25 heavy (non-hydrogen) atoms. The van der Waals surface area contributed by atoms with E-state index in [4.69, 9.17) is 4.74 Å². The second-order valence-electron chi connectivity index (χ2n) is 6.29. The van der Waals surface area contributed by atoms with Crippen molar-refractivity contribution in [2.24, 2.45) is 0 Å². The van der Waals surface area contributed by atoms with Crippen molar-refractivity contribution in [1.29, 1.82) is 0 Å². The molecule has 2 rings (SSSR count). The molecule has 5 heteroatoms. The lowest BCUT2D eigenvalue weighted by Crippen LogP contribution is -2.33. The Bertz CT molecular complexity index is 701. The largest absolute Gasteiger partial charge is 0.489 e. The maximum Gasteiger partial charge on any atom is 0.321 e. The molecule has 0 heterocycles. The molecule has 2 aromatic rings. The number of anilines is 1. The minimum Gasteiger partial charge on any atom is -0.489 e. The molecule has 1 unspecified atom stereocenters. The predicted molar refractivity (Wildman–Crippen MR) is 99.9 cm³/mol. The number of benzene rings is 2. The SMILES string of the molecule is Cc1cccc(COc2cccc(NC(=O)N(C)CCC(C)O)c2)c1. The minimum atomic E-state index is -0.423. The monoisotopic (exact) mass is 342 g/mol. The second-order valence-corrected chi connectivity index (χ2v) is 6.29. The molecular formula is C20H26N2O3.